The first-order valence-corrected chi connectivity index (χ1v) is 6.60. The molecule has 0 heterocycles. The van der Waals surface area contributed by atoms with E-state index in [0.29, 0.717) is 6.42 Å². The molecule has 0 aromatic rings. The van der Waals surface area contributed by atoms with Gasteiger partial charge in [0.1, 0.15) is 6.10 Å². The number of esters is 1. The molecule has 0 aliphatic heterocycles. The van der Waals surface area contributed by atoms with E-state index >= 15 is 0 Å². The Morgan fingerprint density at radius 2 is 2.25 bits per heavy atom. The van der Waals surface area contributed by atoms with Gasteiger partial charge in [0.25, 0.3) is 0 Å². The molecule has 1 aliphatic carbocycles. The van der Waals surface area contributed by atoms with E-state index in [-0.39, 0.29) is 12.1 Å². The van der Waals surface area contributed by atoms with E-state index in [1.54, 1.807) is 0 Å². The highest BCUT2D eigenvalue weighted by molar-refractivity contribution is 5.69. The van der Waals surface area contributed by atoms with Crippen LogP contribution in [0.4, 0.5) is 0 Å². The summed E-state index contributed by atoms with van der Waals surface area (Å²) in [6.45, 7) is 3.11. The molecule has 1 N–H and O–H groups in total. The zero-order chi connectivity index (χ0) is 11.8. The topological polar surface area (TPSA) is 38.3 Å². The minimum Gasteiger partial charge on any atom is -0.462 e. The molecule has 94 valence electrons. The fourth-order valence-electron chi connectivity index (χ4n) is 2.37. The lowest BCUT2D eigenvalue weighted by Crippen LogP contribution is -2.25. The molecule has 3 nitrogen and oxygen atoms in total. The van der Waals surface area contributed by atoms with Gasteiger partial charge in [0, 0.05) is 6.42 Å². The van der Waals surface area contributed by atoms with E-state index in [4.69, 9.17) is 4.74 Å². The summed E-state index contributed by atoms with van der Waals surface area (Å²) < 4.78 is 5.50. The molecule has 3 heteroatoms. The molecule has 0 saturated heterocycles. The molecular weight excluding hydrogens is 202 g/mol. The van der Waals surface area contributed by atoms with Gasteiger partial charge >= 0.3 is 5.97 Å². The van der Waals surface area contributed by atoms with Gasteiger partial charge in [-0.1, -0.05) is 19.8 Å². The first-order chi connectivity index (χ1) is 7.76. The van der Waals surface area contributed by atoms with E-state index in [1.807, 2.05) is 7.05 Å². The molecule has 1 rings (SSSR count). The molecule has 0 bridgehead atoms. The second kappa shape index (κ2) is 7.66. The van der Waals surface area contributed by atoms with E-state index in [2.05, 4.69) is 12.2 Å². The molecule has 1 aliphatic rings. The van der Waals surface area contributed by atoms with Crippen LogP contribution in [0.1, 0.15) is 51.9 Å². The maximum absolute atomic E-state index is 11.5. The molecule has 2 atom stereocenters. The van der Waals surface area contributed by atoms with Crippen LogP contribution in [-0.2, 0) is 9.53 Å². The summed E-state index contributed by atoms with van der Waals surface area (Å²) in [6.07, 6.45) is 7.50. The summed E-state index contributed by atoms with van der Waals surface area (Å²) in [5.41, 5.74) is 0. The van der Waals surface area contributed by atoms with Gasteiger partial charge in [-0.2, -0.15) is 0 Å². The van der Waals surface area contributed by atoms with Crippen LogP contribution in [0.5, 0.6) is 0 Å². The van der Waals surface area contributed by atoms with Crippen molar-refractivity contribution in [2.75, 3.05) is 13.6 Å². The molecule has 1 fully saturated rings. The number of hydrogen-bond donors (Lipinski definition) is 1. The molecule has 0 aromatic heterocycles. The summed E-state index contributed by atoms with van der Waals surface area (Å²) in [7, 11) is 1.90. The van der Waals surface area contributed by atoms with E-state index in [9.17, 15) is 4.79 Å². The van der Waals surface area contributed by atoms with Crippen LogP contribution in [0.2, 0.25) is 0 Å². The lowest BCUT2D eigenvalue weighted by atomic mass is 9.85. The van der Waals surface area contributed by atoms with Crippen molar-refractivity contribution in [3.63, 3.8) is 0 Å². The highest BCUT2D eigenvalue weighted by Gasteiger charge is 2.23. The molecule has 0 amide bonds. The molecule has 0 spiro atoms. The van der Waals surface area contributed by atoms with Crippen molar-refractivity contribution in [2.24, 2.45) is 5.92 Å². The van der Waals surface area contributed by atoms with Crippen molar-refractivity contribution < 1.29 is 9.53 Å². The van der Waals surface area contributed by atoms with Gasteiger partial charge in [-0.25, -0.2) is 0 Å². The Morgan fingerprint density at radius 1 is 1.44 bits per heavy atom. The van der Waals surface area contributed by atoms with E-state index < -0.39 is 0 Å². The highest BCUT2D eigenvalue weighted by Crippen LogP contribution is 2.28. The standard InChI is InChI=1S/C13H25NO2/c1-3-11-6-4-7-12(10-11)16-13(15)8-5-9-14-2/h11-12,14H,3-10H2,1-2H3. The Morgan fingerprint density at radius 3 is 2.94 bits per heavy atom. The van der Waals surface area contributed by atoms with Gasteiger partial charge in [-0.3, -0.25) is 4.79 Å². The average Bonchev–Trinajstić information content (AvgIpc) is 2.29. The summed E-state index contributed by atoms with van der Waals surface area (Å²) in [6, 6.07) is 0. The minimum atomic E-state index is -0.0167. The number of ether oxygens (including phenoxy) is 1. The quantitative estimate of drug-likeness (QED) is 0.559. The van der Waals surface area contributed by atoms with Crippen LogP contribution >= 0.6 is 0 Å². The van der Waals surface area contributed by atoms with Gasteiger partial charge < -0.3 is 10.1 Å². The van der Waals surface area contributed by atoms with Crippen LogP contribution < -0.4 is 5.32 Å². The Bertz CT molecular complexity index is 206. The normalized spacial score (nSPS) is 25.4. The SMILES string of the molecule is CCC1CCCC(OC(=O)CCCNC)C1. The zero-order valence-electron chi connectivity index (χ0n) is 10.6. The van der Waals surface area contributed by atoms with Crippen LogP contribution in [0.3, 0.4) is 0 Å². The zero-order valence-corrected chi connectivity index (χ0v) is 10.6. The summed E-state index contributed by atoms with van der Waals surface area (Å²) >= 11 is 0. The predicted molar refractivity (Wildman–Crippen MR) is 65.3 cm³/mol. The van der Waals surface area contributed by atoms with Gasteiger partial charge in [0.15, 0.2) is 0 Å². The largest absolute Gasteiger partial charge is 0.462 e. The summed E-state index contributed by atoms with van der Waals surface area (Å²) in [4.78, 5) is 11.5. The predicted octanol–water partition coefficient (Wildman–Crippen LogP) is 2.50. The number of hydrogen-bond acceptors (Lipinski definition) is 3. The maximum Gasteiger partial charge on any atom is 0.306 e. The second-order valence-corrected chi connectivity index (χ2v) is 4.76. The Hall–Kier alpha value is -0.570. The number of carbonyl (C=O) groups is 1. The molecule has 16 heavy (non-hydrogen) atoms. The molecule has 0 radical (unpaired) electrons. The second-order valence-electron chi connectivity index (χ2n) is 4.76. The van der Waals surface area contributed by atoms with Crippen molar-refractivity contribution in [3.8, 4) is 0 Å². The Labute approximate surface area is 98.9 Å². The molecule has 0 aromatic carbocycles. The van der Waals surface area contributed by atoms with Crippen molar-refractivity contribution in [1.29, 1.82) is 0 Å². The minimum absolute atomic E-state index is 0.0167. The Balaban J connectivity index is 2.17. The smallest absolute Gasteiger partial charge is 0.306 e. The fourth-order valence-corrected chi connectivity index (χ4v) is 2.37. The van der Waals surface area contributed by atoms with Gasteiger partial charge in [0.05, 0.1) is 0 Å². The van der Waals surface area contributed by atoms with Gasteiger partial charge in [-0.15, -0.1) is 0 Å². The van der Waals surface area contributed by atoms with Crippen LogP contribution in [0.15, 0.2) is 0 Å². The van der Waals surface area contributed by atoms with Gasteiger partial charge in [-0.05, 0) is 45.2 Å². The summed E-state index contributed by atoms with van der Waals surface area (Å²) in [5.74, 6) is 0.751. The summed E-state index contributed by atoms with van der Waals surface area (Å²) in [5, 5.41) is 3.04. The third-order valence-corrected chi connectivity index (χ3v) is 3.42. The molecular formula is C13H25NO2. The van der Waals surface area contributed by atoms with Crippen molar-refractivity contribution in [2.45, 2.75) is 58.0 Å². The molecule has 1 saturated carbocycles. The van der Waals surface area contributed by atoms with E-state index in [1.165, 1.54) is 19.3 Å². The third kappa shape index (κ3) is 4.97. The number of carbonyl (C=O) groups excluding carboxylic acids is 1. The highest BCUT2D eigenvalue weighted by atomic mass is 16.5. The first kappa shape index (κ1) is 13.5. The van der Waals surface area contributed by atoms with Crippen LogP contribution in [-0.4, -0.2) is 25.7 Å². The van der Waals surface area contributed by atoms with Crippen molar-refractivity contribution in [3.05, 3.63) is 0 Å². The average molecular weight is 227 g/mol. The lowest BCUT2D eigenvalue weighted by molar-refractivity contribution is -0.151. The van der Waals surface area contributed by atoms with Crippen LogP contribution in [0.25, 0.3) is 0 Å². The van der Waals surface area contributed by atoms with Crippen molar-refractivity contribution in [1.82, 2.24) is 5.32 Å². The third-order valence-electron chi connectivity index (χ3n) is 3.42. The fraction of sp³-hybridized carbons (Fsp3) is 0.923. The van der Waals surface area contributed by atoms with Crippen molar-refractivity contribution >= 4 is 5.97 Å². The van der Waals surface area contributed by atoms with Crippen LogP contribution in [0, 0.1) is 5.92 Å². The maximum atomic E-state index is 11.5. The first-order valence-electron chi connectivity index (χ1n) is 6.60. The monoisotopic (exact) mass is 227 g/mol. The number of rotatable bonds is 6. The Kier molecular flexibility index (Phi) is 6.46. The number of nitrogens with one attached hydrogen (secondary N) is 1. The van der Waals surface area contributed by atoms with E-state index in [0.717, 1.165) is 31.7 Å². The molecule has 2 unspecified atom stereocenters. The lowest BCUT2D eigenvalue weighted by Gasteiger charge is -2.28. The van der Waals surface area contributed by atoms with Gasteiger partial charge in [0.2, 0.25) is 0 Å².